The van der Waals surface area contributed by atoms with Crippen LogP contribution in [0.3, 0.4) is 0 Å². The molecule has 2 aliphatic heterocycles. The lowest BCUT2D eigenvalue weighted by atomic mass is 9.80. The van der Waals surface area contributed by atoms with E-state index >= 15 is 0 Å². The molecule has 2 N–H and O–H groups in total. The van der Waals surface area contributed by atoms with Crippen LogP contribution >= 0.6 is 0 Å². The van der Waals surface area contributed by atoms with Crippen LogP contribution in [0, 0.1) is 11.3 Å². The van der Waals surface area contributed by atoms with Gasteiger partial charge >= 0.3 is 5.97 Å². The Morgan fingerprint density at radius 2 is 1.78 bits per heavy atom. The highest BCUT2D eigenvalue weighted by Crippen LogP contribution is 2.70. The van der Waals surface area contributed by atoms with Crippen molar-refractivity contribution in [3.63, 3.8) is 0 Å². The van der Waals surface area contributed by atoms with Crippen LogP contribution in [-0.2, 0) is 19.1 Å². The van der Waals surface area contributed by atoms with Crippen molar-refractivity contribution in [3.8, 4) is 17.2 Å². The molecule has 3 atom stereocenters. The molecular weight excluding hydrogens is 482 g/mol. The Morgan fingerprint density at radius 1 is 1.05 bits per heavy atom. The Kier molecular flexibility index (Phi) is 4.61. The number of piperidine rings is 1. The number of allylic oxidation sites excluding steroid dienone is 2. The van der Waals surface area contributed by atoms with Gasteiger partial charge in [-0.15, -0.1) is 0 Å². The van der Waals surface area contributed by atoms with Gasteiger partial charge in [0.1, 0.15) is 5.69 Å². The highest BCUT2D eigenvalue weighted by molar-refractivity contribution is 6.26. The van der Waals surface area contributed by atoms with Gasteiger partial charge in [0, 0.05) is 34.7 Å². The van der Waals surface area contributed by atoms with Gasteiger partial charge in [0.25, 0.3) is 5.91 Å². The molecule has 1 amide bonds. The van der Waals surface area contributed by atoms with Gasteiger partial charge in [-0.2, -0.15) is 0 Å². The first-order valence-electron chi connectivity index (χ1n) is 11.7. The maximum atomic E-state index is 13.8. The number of carbonyl (C=O) groups excluding carboxylic acids is 4. The first-order chi connectivity index (χ1) is 17.7. The van der Waals surface area contributed by atoms with Crippen molar-refractivity contribution in [2.45, 2.75) is 18.9 Å². The zero-order valence-corrected chi connectivity index (χ0v) is 20.9. The van der Waals surface area contributed by atoms with Crippen molar-refractivity contribution in [3.05, 3.63) is 40.9 Å². The second-order valence-corrected chi connectivity index (χ2v) is 9.80. The van der Waals surface area contributed by atoms with E-state index in [4.69, 9.17) is 18.9 Å². The van der Waals surface area contributed by atoms with Crippen LogP contribution in [0.25, 0.3) is 10.9 Å². The van der Waals surface area contributed by atoms with Crippen LogP contribution in [0.4, 0.5) is 0 Å². The normalized spacial score (nSPS) is 27.3. The summed E-state index contributed by atoms with van der Waals surface area (Å²) in [6.45, 7) is 1.76. The summed E-state index contributed by atoms with van der Waals surface area (Å²) >= 11 is 0. The molecule has 2 fully saturated rings. The van der Waals surface area contributed by atoms with Crippen LogP contribution in [0.2, 0.25) is 0 Å². The molecule has 3 heterocycles. The Hall–Kier alpha value is -4.28. The molecule has 0 bridgehead atoms. The van der Waals surface area contributed by atoms with Crippen molar-refractivity contribution in [1.29, 1.82) is 0 Å². The van der Waals surface area contributed by atoms with E-state index in [9.17, 15) is 19.2 Å². The predicted molar refractivity (Wildman–Crippen MR) is 128 cm³/mol. The van der Waals surface area contributed by atoms with E-state index in [1.165, 1.54) is 41.4 Å². The molecule has 37 heavy (non-hydrogen) atoms. The Balaban J connectivity index is 1.38. The van der Waals surface area contributed by atoms with E-state index in [2.05, 4.69) is 10.3 Å². The van der Waals surface area contributed by atoms with Crippen molar-refractivity contribution < 1.29 is 38.1 Å². The van der Waals surface area contributed by atoms with Gasteiger partial charge in [0.2, 0.25) is 11.5 Å². The third-order valence-corrected chi connectivity index (χ3v) is 8.01. The first-order valence-corrected chi connectivity index (χ1v) is 11.7. The lowest BCUT2D eigenvalue weighted by molar-refractivity contribution is -0.150. The second-order valence-electron chi connectivity index (χ2n) is 9.80. The molecular formula is C26H25N3O8. The number of esters is 1. The summed E-state index contributed by atoms with van der Waals surface area (Å²) in [5.74, 6) is -0.852. The van der Waals surface area contributed by atoms with Crippen LogP contribution in [0.1, 0.15) is 23.8 Å². The number of fused-ring (bicyclic) bond motifs is 1. The fraction of sp³-hybridized carbons (Fsp3) is 0.385. The number of ketones is 2. The van der Waals surface area contributed by atoms with Crippen LogP contribution < -0.4 is 19.5 Å². The van der Waals surface area contributed by atoms with Crippen LogP contribution in [-0.4, -0.2) is 73.8 Å². The number of H-pyrrole nitrogens is 1. The standard InChI is InChI=1S/C26H25N3O8/c1-25(24(33)37-5)22(31)17-19(28-25)14(30)8-16-26(17)9-12(26)10-29(16)23(32)13-6-11-7-15(34-2)20(35-3)21(36-4)18(11)27-13/h6-8,12,27-28H,9-10H2,1-5H3/t12-,25?,26+/m1/s1. The quantitative estimate of drug-likeness (QED) is 0.456. The molecule has 1 saturated heterocycles. The van der Waals surface area contributed by atoms with Gasteiger partial charge in [0.15, 0.2) is 22.8 Å². The SMILES string of the molecule is COC(=O)C1(C)NC2=C(C1=O)[C@@]13C[C@@H]1CN(C(=O)c1cc4cc(OC)c(OC)c(OC)c4[nH]1)C3=CC2=O. The maximum Gasteiger partial charge on any atom is 0.339 e. The number of Topliss-reactive ketones (excluding diaryl/α,β-unsaturated/α-hetero) is 1. The average molecular weight is 507 g/mol. The Labute approximate surface area is 211 Å². The van der Waals surface area contributed by atoms with Gasteiger partial charge in [-0.3, -0.25) is 14.4 Å². The van der Waals surface area contributed by atoms with Crippen molar-refractivity contribution in [2.24, 2.45) is 11.3 Å². The summed E-state index contributed by atoms with van der Waals surface area (Å²) < 4.78 is 21.2. The van der Waals surface area contributed by atoms with Gasteiger partial charge in [-0.1, -0.05) is 0 Å². The molecule has 2 aromatic rings. The smallest absolute Gasteiger partial charge is 0.339 e. The number of hydrogen-bond donors (Lipinski definition) is 2. The summed E-state index contributed by atoms with van der Waals surface area (Å²) in [6.07, 6.45) is 2.02. The summed E-state index contributed by atoms with van der Waals surface area (Å²) in [4.78, 5) is 57.5. The topological polar surface area (TPSA) is 136 Å². The van der Waals surface area contributed by atoms with E-state index in [0.717, 1.165) is 0 Å². The molecule has 1 aromatic heterocycles. The minimum atomic E-state index is -1.68. The second kappa shape index (κ2) is 7.37. The lowest BCUT2D eigenvalue weighted by Crippen LogP contribution is -2.52. The van der Waals surface area contributed by atoms with Gasteiger partial charge in [-0.05, 0) is 31.4 Å². The molecule has 1 unspecified atom stereocenters. The molecule has 6 rings (SSSR count). The minimum Gasteiger partial charge on any atom is -0.493 e. The maximum absolute atomic E-state index is 13.8. The zero-order chi connectivity index (χ0) is 26.4. The average Bonchev–Trinajstić information content (AvgIpc) is 3.15. The Morgan fingerprint density at radius 3 is 2.43 bits per heavy atom. The van der Waals surface area contributed by atoms with E-state index in [1.54, 1.807) is 17.0 Å². The third kappa shape index (κ3) is 2.71. The Bertz CT molecular complexity index is 1520. The molecule has 11 heteroatoms. The van der Waals surface area contributed by atoms with Crippen molar-refractivity contribution in [1.82, 2.24) is 15.2 Å². The molecule has 0 radical (unpaired) electrons. The van der Waals surface area contributed by atoms with Crippen LogP contribution in [0.5, 0.6) is 17.2 Å². The lowest BCUT2D eigenvalue weighted by Gasteiger charge is -2.28. The number of aromatic amines is 1. The number of methoxy groups -OCH3 is 4. The fourth-order valence-corrected chi connectivity index (χ4v) is 6.15. The van der Waals surface area contributed by atoms with E-state index in [1.807, 2.05) is 0 Å². The zero-order valence-electron chi connectivity index (χ0n) is 20.9. The summed E-state index contributed by atoms with van der Waals surface area (Å²) in [5.41, 5.74) is -0.733. The van der Waals surface area contributed by atoms with E-state index in [0.29, 0.717) is 46.8 Å². The first kappa shape index (κ1) is 23.1. The number of nitrogens with zero attached hydrogens (tertiary/aromatic N) is 1. The molecule has 11 nitrogen and oxygen atoms in total. The third-order valence-electron chi connectivity index (χ3n) is 8.01. The highest BCUT2D eigenvalue weighted by Gasteiger charge is 2.73. The summed E-state index contributed by atoms with van der Waals surface area (Å²) in [7, 11) is 5.70. The number of aromatic nitrogens is 1. The molecule has 4 aliphatic rings. The van der Waals surface area contributed by atoms with Crippen molar-refractivity contribution in [2.75, 3.05) is 35.0 Å². The number of hydrogen-bond acceptors (Lipinski definition) is 9. The number of benzene rings is 1. The molecule has 2 aliphatic carbocycles. The highest BCUT2D eigenvalue weighted by atomic mass is 16.5. The van der Waals surface area contributed by atoms with E-state index < -0.39 is 28.5 Å². The largest absolute Gasteiger partial charge is 0.493 e. The number of likely N-dealkylation sites (tertiary alicyclic amines) is 1. The summed E-state index contributed by atoms with van der Waals surface area (Å²) in [5, 5.41) is 3.51. The van der Waals surface area contributed by atoms with Crippen LogP contribution in [0.15, 0.2) is 35.2 Å². The number of carbonyl (C=O) groups is 4. The number of rotatable bonds is 5. The molecule has 1 saturated carbocycles. The summed E-state index contributed by atoms with van der Waals surface area (Å²) in [6, 6.07) is 3.43. The minimum absolute atomic E-state index is 0.0364. The van der Waals surface area contributed by atoms with Gasteiger partial charge in [-0.25, -0.2) is 4.79 Å². The molecule has 192 valence electrons. The predicted octanol–water partition coefficient (Wildman–Crippen LogP) is 1.48. The molecule has 1 spiro atoms. The van der Waals surface area contributed by atoms with Crippen molar-refractivity contribution >= 4 is 34.3 Å². The monoisotopic (exact) mass is 507 g/mol. The van der Waals surface area contributed by atoms with Gasteiger partial charge in [0.05, 0.1) is 39.7 Å². The van der Waals surface area contributed by atoms with E-state index in [-0.39, 0.29) is 28.8 Å². The number of amides is 1. The number of nitrogens with one attached hydrogen (secondary N) is 2. The number of ether oxygens (including phenoxy) is 4. The van der Waals surface area contributed by atoms with Gasteiger partial charge < -0.3 is 34.1 Å². The fourth-order valence-electron chi connectivity index (χ4n) is 6.15. The molecule has 1 aromatic carbocycles.